The zero-order valence-corrected chi connectivity index (χ0v) is 16.4. The molecule has 3 aromatic rings. The Hall–Kier alpha value is -2.93. The van der Waals surface area contributed by atoms with E-state index >= 15 is 0 Å². The van der Waals surface area contributed by atoms with Crippen LogP contribution < -0.4 is 16.1 Å². The standard InChI is InChI=1S/C20H23N5OS/c1-14(19(26)22-16-9-11-17(12-10-16)24(2)3)27-20-23-18(13-25(20)21)15-7-5-4-6-8-15/h4-14H,21H2,1-3H3,(H,22,26)/t14-/m1/s1. The molecule has 0 aliphatic carbocycles. The first-order valence-electron chi connectivity index (χ1n) is 8.59. The van der Waals surface area contributed by atoms with Crippen molar-refractivity contribution in [2.45, 2.75) is 17.3 Å². The van der Waals surface area contributed by atoms with Crippen LogP contribution in [0.15, 0.2) is 66.0 Å². The van der Waals surface area contributed by atoms with Crippen molar-refractivity contribution < 1.29 is 4.79 Å². The number of rotatable bonds is 6. The summed E-state index contributed by atoms with van der Waals surface area (Å²) in [5, 5.41) is 3.19. The Labute approximate surface area is 163 Å². The lowest BCUT2D eigenvalue weighted by atomic mass is 10.2. The number of hydrogen-bond acceptors (Lipinski definition) is 5. The highest BCUT2D eigenvalue weighted by Crippen LogP contribution is 2.26. The van der Waals surface area contributed by atoms with E-state index in [1.54, 1.807) is 6.20 Å². The minimum absolute atomic E-state index is 0.0955. The van der Waals surface area contributed by atoms with Gasteiger partial charge in [0.15, 0.2) is 5.16 Å². The number of carbonyl (C=O) groups is 1. The van der Waals surface area contributed by atoms with Crippen LogP contribution in [0.2, 0.25) is 0 Å². The normalized spacial score (nSPS) is 11.8. The van der Waals surface area contributed by atoms with Gasteiger partial charge in [-0.25, -0.2) is 9.66 Å². The van der Waals surface area contributed by atoms with Crippen LogP contribution in [-0.4, -0.2) is 34.9 Å². The number of aromatic nitrogens is 2. The number of nitrogens with one attached hydrogen (secondary N) is 1. The molecular weight excluding hydrogens is 358 g/mol. The number of thioether (sulfide) groups is 1. The zero-order valence-electron chi connectivity index (χ0n) is 15.6. The highest BCUT2D eigenvalue weighted by molar-refractivity contribution is 8.00. The molecule has 3 rings (SSSR count). The molecule has 0 saturated heterocycles. The molecule has 1 heterocycles. The van der Waals surface area contributed by atoms with Gasteiger partial charge in [-0.15, -0.1) is 0 Å². The van der Waals surface area contributed by atoms with Crippen molar-refractivity contribution >= 4 is 29.0 Å². The first kappa shape index (κ1) is 18.8. The van der Waals surface area contributed by atoms with E-state index in [2.05, 4.69) is 10.3 Å². The van der Waals surface area contributed by atoms with Crippen molar-refractivity contribution in [1.29, 1.82) is 0 Å². The van der Waals surface area contributed by atoms with Gasteiger partial charge in [-0.05, 0) is 31.2 Å². The highest BCUT2D eigenvalue weighted by atomic mass is 32.2. The fourth-order valence-electron chi connectivity index (χ4n) is 2.51. The van der Waals surface area contributed by atoms with E-state index in [-0.39, 0.29) is 11.2 Å². The maximum atomic E-state index is 12.5. The van der Waals surface area contributed by atoms with E-state index in [1.807, 2.05) is 80.5 Å². The van der Waals surface area contributed by atoms with Gasteiger partial charge in [-0.3, -0.25) is 4.79 Å². The SMILES string of the molecule is C[C@@H](Sc1nc(-c2ccccc2)cn1N)C(=O)Nc1ccc(N(C)C)cc1. The average Bonchev–Trinajstić information content (AvgIpc) is 3.03. The van der Waals surface area contributed by atoms with Gasteiger partial charge in [-0.2, -0.15) is 0 Å². The van der Waals surface area contributed by atoms with Crippen LogP contribution in [-0.2, 0) is 4.79 Å². The van der Waals surface area contributed by atoms with E-state index in [1.165, 1.54) is 16.4 Å². The smallest absolute Gasteiger partial charge is 0.237 e. The average molecular weight is 382 g/mol. The van der Waals surface area contributed by atoms with E-state index in [9.17, 15) is 4.79 Å². The molecular formula is C20H23N5OS. The van der Waals surface area contributed by atoms with Crippen molar-refractivity contribution in [3.05, 3.63) is 60.8 Å². The molecule has 0 fully saturated rings. The first-order chi connectivity index (χ1) is 12.9. The first-order valence-corrected chi connectivity index (χ1v) is 9.47. The molecule has 0 aliphatic rings. The van der Waals surface area contributed by atoms with E-state index < -0.39 is 0 Å². The van der Waals surface area contributed by atoms with Gasteiger partial charge in [0.2, 0.25) is 5.91 Å². The molecule has 1 amide bonds. The summed E-state index contributed by atoms with van der Waals surface area (Å²) in [5.41, 5.74) is 3.61. The summed E-state index contributed by atoms with van der Waals surface area (Å²) in [6.45, 7) is 1.84. The van der Waals surface area contributed by atoms with E-state index in [0.29, 0.717) is 5.16 Å². The largest absolute Gasteiger partial charge is 0.378 e. The van der Waals surface area contributed by atoms with Crippen molar-refractivity contribution in [1.82, 2.24) is 9.66 Å². The molecule has 7 heteroatoms. The Morgan fingerprint density at radius 1 is 1.15 bits per heavy atom. The summed E-state index contributed by atoms with van der Waals surface area (Å²) >= 11 is 1.33. The van der Waals surface area contributed by atoms with Crippen molar-refractivity contribution in [2.24, 2.45) is 0 Å². The molecule has 27 heavy (non-hydrogen) atoms. The third-order valence-electron chi connectivity index (χ3n) is 4.07. The van der Waals surface area contributed by atoms with Crippen molar-refractivity contribution in [2.75, 3.05) is 30.2 Å². The van der Waals surface area contributed by atoms with E-state index in [0.717, 1.165) is 22.6 Å². The lowest BCUT2D eigenvalue weighted by molar-refractivity contribution is -0.115. The number of amides is 1. The predicted octanol–water partition coefficient (Wildman–Crippen LogP) is 3.45. The van der Waals surface area contributed by atoms with Crippen LogP contribution in [0.4, 0.5) is 11.4 Å². The molecule has 1 aromatic heterocycles. The molecule has 1 atom stereocenters. The molecule has 0 unspecified atom stereocenters. The van der Waals surface area contributed by atoms with Gasteiger partial charge in [-0.1, -0.05) is 42.1 Å². The minimum Gasteiger partial charge on any atom is -0.378 e. The molecule has 0 saturated carbocycles. The monoisotopic (exact) mass is 381 g/mol. The summed E-state index contributed by atoms with van der Waals surface area (Å²) in [4.78, 5) is 19.1. The van der Waals surface area contributed by atoms with Crippen LogP contribution in [0.25, 0.3) is 11.3 Å². The Bertz CT molecular complexity index is 906. The van der Waals surface area contributed by atoms with Gasteiger partial charge < -0.3 is 16.1 Å². The van der Waals surface area contributed by atoms with Crippen LogP contribution >= 0.6 is 11.8 Å². The Kier molecular flexibility index (Phi) is 5.71. The topological polar surface area (TPSA) is 76.2 Å². The van der Waals surface area contributed by atoms with Gasteiger partial charge in [0.05, 0.1) is 17.1 Å². The number of nitrogens with two attached hydrogens (primary N) is 1. The lowest BCUT2D eigenvalue weighted by Gasteiger charge is -2.14. The summed E-state index contributed by atoms with van der Waals surface area (Å²) in [7, 11) is 3.95. The van der Waals surface area contributed by atoms with E-state index in [4.69, 9.17) is 5.84 Å². The predicted molar refractivity (Wildman–Crippen MR) is 113 cm³/mol. The maximum Gasteiger partial charge on any atom is 0.237 e. The number of imidazole rings is 1. The maximum absolute atomic E-state index is 12.5. The molecule has 0 spiro atoms. The van der Waals surface area contributed by atoms with Crippen LogP contribution in [0.5, 0.6) is 0 Å². The molecule has 0 aliphatic heterocycles. The minimum atomic E-state index is -0.341. The number of anilines is 2. The van der Waals surface area contributed by atoms with Crippen molar-refractivity contribution in [3.63, 3.8) is 0 Å². The Morgan fingerprint density at radius 2 is 1.81 bits per heavy atom. The Balaban J connectivity index is 1.65. The van der Waals surface area contributed by atoms with Crippen LogP contribution in [0, 0.1) is 0 Å². The molecule has 2 aromatic carbocycles. The fraction of sp³-hybridized carbons (Fsp3) is 0.200. The number of hydrogen-bond donors (Lipinski definition) is 2. The van der Waals surface area contributed by atoms with Gasteiger partial charge in [0.25, 0.3) is 0 Å². The number of carbonyl (C=O) groups excluding carboxylic acids is 1. The van der Waals surface area contributed by atoms with Gasteiger partial charge in [0, 0.05) is 31.0 Å². The van der Waals surface area contributed by atoms with Gasteiger partial charge >= 0.3 is 0 Å². The van der Waals surface area contributed by atoms with Crippen LogP contribution in [0.3, 0.4) is 0 Å². The third-order valence-corrected chi connectivity index (χ3v) is 5.15. The second-order valence-electron chi connectivity index (χ2n) is 6.37. The second-order valence-corrected chi connectivity index (χ2v) is 7.68. The van der Waals surface area contributed by atoms with Gasteiger partial charge in [0.1, 0.15) is 0 Å². The highest BCUT2D eigenvalue weighted by Gasteiger charge is 2.18. The third kappa shape index (κ3) is 4.62. The molecule has 0 radical (unpaired) electrons. The zero-order chi connectivity index (χ0) is 19.4. The quantitative estimate of drug-likeness (QED) is 0.505. The number of nitrogen functional groups attached to an aromatic ring is 1. The fourth-order valence-corrected chi connectivity index (χ4v) is 3.32. The summed E-state index contributed by atoms with van der Waals surface area (Å²) in [6, 6.07) is 17.5. The van der Waals surface area contributed by atoms with Crippen molar-refractivity contribution in [3.8, 4) is 11.3 Å². The summed E-state index contributed by atoms with van der Waals surface area (Å²) in [6.07, 6.45) is 1.77. The lowest BCUT2D eigenvalue weighted by Crippen LogP contribution is -2.23. The molecule has 140 valence electrons. The molecule has 6 nitrogen and oxygen atoms in total. The summed E-state index contributed by atoms with van der Waals surface area (Å²) < 4.78 is 1.46. The van der Waals surface area contributed by atoms with Crippen LogP contribution in [0.1, 0.15) is 6.92 Å². The second kappa shape index (κ2) is 8.18. The summed E-state index contributed by atoms with van der Waals surface area (Å²) in [5.74, 6) is 5.93. The molecule has 0 bridgehead atoms. The Morgan fingerprint density at radius 3 is 2.44 bits per heavy atom. The number of nitrogens with zero attached hydrogens (tertiary/aromatic N) is 3. The number of benzene rings is 2. The molecule has 3 N–H and O–H groups in total.